The molecule has 72 valence electrons. The molecule has 0 saturated carbocycles. The molecule has 1 fully saturated rings. The number of rotatable bonds is 2. The Bertz CT molecular complexity index is 145. The van der Waals surface area contributed by atoms with E-state index >= 15 is 0 Å². The van der Waals surface area contributed by atoms with Crippen LogP contribution in [0.2, 0.25) is 0 Å². The molecule has 2 unspecified atom stereocenters. The summed E-state index contributed by atoms with van der Waals surface area (Å²) in [6.45, 7) is 0.598. The molecular weight excluding hydrogens is 187 g/mol. The van der Waals surface area contributed by atoms with Crippen molar-refractivity contribution in [3.8, 4) is 0 Å². The third kappa shape index (κ3) is 2.29. The lowest BCUT2D eigenvalue weighted by atomic mass is 10.0. The molecule has 12 heavy (non-hydrogen) atoms. The van der Waals surface area contributed by atoms with Gasteiger partial charge >= 0.3 is 0 Å². The monoisotopic (exact) mass is 199 g/mol. The van der Waals surface area contributed by atoms with Crippen molar-refractivity contribution in [2.75, 3.05) is 6.54 Å². The summed E-state index contributed by atoms with van der Waals surface area (Å²) in [4.78, 5) is 0. The summed E-state index contributed by atoms with van der Waals surface area (Å²) in [5.74, 6) is 0. The average Bonchev–Trinajstić information content (AvgIpc) is 2.04. The average molecular weight is 199 g/mol. The van der Waals surface area contributed by atoms with Crippen LogP contribution in [0, 0.1) is 0 Å². The molecule has 1 nitrogen and oxygen atoms in total. The van der Waals surface area contributed by atoms with Gasteiger partial charge in [0.25, 0.3) is 6.43 Å². The van der Waals surface area contributed by atoms with E-state index in [1.807, 2.05) is 0 Å². The summed E-state index contributed by atoms with van der Waals surface area (Å²) in [5.41, 5.74) is 0. The van der Waals surface area contributed by atoms with Gasteiger partial charge in [-0.15, -0.1) is 0 Å². The van der Waals surface area contributed by atoms with E-state index in [1.165, 1.54) is 4.31 Å². The maximum absolute atomic E-state index is 12.8. The fraction of sp³-hybridized carbons (Fsp3) is 1.00. The molecule has 0 radical (unpaired) electrons. The summed E-state index contributed by atoms with van der Waals surface area (Å²) in [6, 6.07) is -0.706. The minimum absolute atomic E-state index is 0.481. The lowest BCUT2D eigenvalue weighted by Crippen LogP contribution is -2.42. The highest BCUT2D eigenvalue weighted by atomic mass is 32.1. The predicted octanol–water partition coefficient (Wildman–Crippen LogP) is 2.29. The summed E-state index contributed by atoms with van der Waals surface area (Å²) in [6.07, 6.45) is -2.73. The van der Waals surface area contributed by atoms with Crippen molar-refractivity contribution in [3.05, 3.63) is 0 Å². The van der Waals surface area contributed by atoms with Crippen LogP contribution in [0.4, 0.5) is 13.2 Å². The first-order valence-electron chi connectivity index (χ1n) is 4.00. The number of alkyl halides is 3. The molecule has 0 amide bonds. The Hall–Kier alpha value is 0.100. The lowest BCUT2D eigenvalue weighted by molar-refractivity contribution is 0.00462. The minimum Gasteiger partial charge on any atom is -0.247 e. The molecular formula is C7H12F3NS. The van der Waals surface area contributed by atoms with Gasteiger partial charge in [-0.3, -0.25) is 0 Å². The van der Waals surface area contributed by atoms with Crippen LogP contribution in [0.25, 0.3) is 0 Å². The summed E-state index contributed by atoms with van der Waals surface area (Å²) >= 11 is 3.95. The number of thiol groups is 1. The van der Waals surface area contributed by atoms with Crippen molar-refractivity contribution in [2.45, 2.75) is 37.9 Å². The number of piperidine rings is 1. The van der Waals surface area contributed by atoms with Crippen molar-refractivity contribution in [3.63, 3.8) is 0 Å². The van der Waals surface area contributed by atoms with Crippen LogP contribution in [0.3, 0.4) is 0 Å². The molecule has 0 bridgehead atoms. The Balaban J connectivity index is 2.47. The van der Waals surface area contributed by atoms with Gasteiger partial charge in [0.1, 0.15) is 0 Å². The van der Waals surface area contributed by atoms with Gasteiger partial charge in [0.15, 0.2) is 6.17 Å². The molecule has 0 aromatic rings. The van der Waals surface area contributed by atoms with Crippen LogP contribution >= 0.6 is 12.8 Å². The van der Waals surface area contributed by atoms with Gasteiger partial charge in [0.05, 0.1) is 6.04 Å². The zero-order chi connectivity index (χ0) is 9.14. The van der Waals surface area contributed by atoms with Crippen LogP contribution in [0.1, 0.15) is 19.3 Å². The first kappa shape index (κ1) is 10.2. The fourth-order valence-corrected chi connectivity index (χ4v) is 1.82. The summed E-state index contributed by atoms with van der Waals surface area (Å²) < 4.78 is 38.1. The van der Waals surface area contributed by atoms with Gasteiger partial charge in [-0.05, 0) is 12.8 Å². The third-order valence-electron chi connectivity index (χ3n) is 2.13. The molecule has 1 heterocycles. The summed E-state index contributed by atoms with van der Waals surface area (Å²) in [7, 11) is 0. The second-order valence-corrected chi connectivity index (χ2v) is 3.52. The van der Waals surface area contributed by atoms with E-state index in [2.05, 4.69) is 12.8 Å². The second-order valence-electron chi connectivity index (χ2n) is 3.01. The van der Waals surface area contributed by atoms with E-state index in [9.17, 15) is 13.2 Å². The third-order valence-corrected chi connectivity index (χ3v) is 2.62. The highest BCUT2D eigenvalue weighted by Gasteiger charge is 2.34. The van der Waals surface area contributed by atoms with Gasteiger partial charge in [0, 0.05) is 6.54 Å². The smallest absolute Gasteiger partial charge is 0.247 e. The number of hydrogen-bond donors (Lipinski definition) is 1. The van der Waals surface area contributed by atoms with E-state index in [0.29, 0.717) is 13.0 Å². The zero-order valence-electron chi connectivity index (χ0n) is 6.59. The van der Waals surface area contributed by atoms with Gasteiger partial charge in [0.2, 0.25) is 0 Å². The maximum Gasteiger partial charge on any atom is 0.270 e. The molecule has 1 aliphatic rings. The zero-order valence-corrected chi connectivity index (χ0v) is 7.48. The largest absolute Gasteiger partial charge is 0.270 e. The predicted molar refractivity (Wildman–Crippen MR) is 44.2 cm³/mol. The highest BCUT2D eigenvalue weighted by Crippen LogP contribution is 2.25. The Morgan fingerprint density at radius 3 is 2.42 bits per heavy atom. The van der Waals surface area contributed by atoms with Crippen LogP contribution in [-0.4, -0.2) is 29.5 Å². The maximum atomic E-state index is 12.8. The Labute approximate surface area is 75.5 Å². The van der Waals surface area contributed by atoms with Gasteiger partial charge < -0.3 is 0 Å². The molecule has 2 atom stereocenters. The van der Waals surface area contributed by atoms with Crippen LogP contribution < -0.4 is 0 Å². The molecule has 0 aliphatic carbocycles. The first-order chi connectivity index (χ1) is 5.63. The number of nitrogens with zero attached hydrogens (tertiary/aromatic N) is 1. The Morgan fingerprint density at radius 2 is 1.92 bits per heavy atom. The number of halogens is 3. The van der Waals surface area contributed by atoms with Crippen molar-refractivity contribution < 1.29 is 13.2 Å². The number of hydrogen-bond acceptors (Lipinski definition) is 2. The molecule has 0 aromatic carbocycles. The SMILES string of the molecule is FC(F)C(F)C1CCCCN1S. The first-order valence-corrected chi connectivity index (χ1v) is 4.40. The molecule has 0 aromatic heterocycles. The van der Waals surface area contributed by atoms with E-state index in [4.69, 9.17) is 0 Å². The topological polar surface area (TPSA) is 3.24 Å². The molecule has 1 saturated heterocycles. The van der Waals surface area contributed by atoms with E-state index in [-0.39, 0.29) is 0 Å². The standard InChI is InChI=1S/C7H12F3NS/c8-6(7(9)10)5-3-1-2-4-11(5)12/h5-7,12H,1-4H2. The molecule has 1 aliphatic heterocycles. The van der Waals surface area contributed by atoms with Gasteiger partial charge in [-0.2, -0.15) is 0 Å². The van der Waals surface area contributed by atoms with Crippen molar-refractivity contribution in [2.24, 2.45) is 0 Å². The van der Waals surface area contributed by atoms with E-state index in [0.717, 1.165) is 12.8 Å². The highest BCUT2D eigenvalue weighted by molar-refractivity contribution is 7.77. The molecule has 0 N–H and O–H groups in total. The Morgan fingerprint density at radius 1 is 1.25 bits per heavy atom. The lowest BCUT2D eigenvalue weighted by Gasteiger charge is -2.32. The summed E-state index contributed by atoms with van der Waals surface area (Å²) in [5, 5.41) is 0. The van der Waals surface area contributed by atoms with Crippen molar-refractivity contribution >= 4 is 12.8 Å². The van der Waals surface area contributed by atoms with Crippen molar-refractivity contribution in [1.29, 1.82) is 0 Å². The normalized spacial score (nSPS) is 29.2. The van der Waals surface area contributed by atoms with Crippen LogP contribution in [0.5, 0.6) is 0 Å². The molecule has 0 spiro atoms. The molecule has 1 rings (SSSR count). The Kier molecular flexibility index (Phi) is 3.71. The van der Waals surface area contributed by atoms with Crippen LogP contribution in [-0.2, 0) is 0 Å². The van der Waals surface area contributed by atoms with E-state index in [1.54, 1.807) is 0 Å². The van der Waals surface area contributed by atoms with Crippen molar-refractivity contribution in [1.82, 2.24) is 4.31 Å². The van der Waals surface area contributed by atoms with Crippen LogP contribution in [0.15, 0.2) is 0 Å². The van der Waals surface area contributed by atoms with Gasteiger partial charge in [-0.25, -0.2) is 17.5 Å². The quantitative estimate of drug-likeness (QED) is 0.668. The van der Waals surface area contributed by atoms with E-state index < -0.39 is 18.6 Å². The minimum atomic E-state index is -2.89. The van der Waals surface area contributed by atoms with Gasteiger partial charge in [-0.1, -0.05) is 19.2 Å². The molecule has 5 heteroatoms. The fourth-order valence-electron chi connectivity index (χ4n) is 1.43. The second kappa shape index (κ2) is 4.37.